The van der Waals surface area contributed by atoms with Crippen LogP contribution in [0.25, 0.3) is 0 Å². The Labute approximate surface area is 168 Å². The van der Waals surface area contributed by atoms with Gasteiger partial charge in [-0.15, -0.1) is 10.2 Å². The number of carbonyl (C=O) groups is 1. The molecule has 28 heavy (non-hydrogen) atoms. The molecule has 1 spiro atoms. The second-order valence-corrected chi connectivity index (χ2v) is 9.01. The van der Waals surface area contributed by atoms with Crippen LogP contribution in [-0.4, -0.2) is 30.3 Å². The molecule has 1 heterocycles. The fourth-order valence-corrected chi connectivity index (χ4v) is 5.79. The summed E-state index contributed by atoms with van der Waals surface area (Å²) in [5.74, 6) is 2.58. The highest BCUT2D eigenvalue weighted by molar-refractivity contribution is 7.15. The molecule has 146 valence electrons. The molecule has 7 heteroatoms. The fraction of sp³-hybridized carbons (Fsp3) is 0.476. The van der Waals surface area contributed by atoms with Crippen LogP contribution in [0.15, 0.2) is 30.4 Å². The minimum absolute atomic E-state index is 0.0794. The molecule has 3 unspecified atom stereocenters. The van der Waals surface area contributed by atoms with E-state index in [2.05, 4.69) is 27.7 Å². The molecule has 0 radical (unpaired) electrons. The van der Waals surface area contributed by atoms with Crippen LogP contribution < -0.4 is 14.8 Å². The summed E-state index contributed by atoms with van der Waals surface area (Å²) in [5, 5.41) is 12.9. The molecule has 5 rings (SSSR count). The number of allylic oxidation sites excluding steroid dienone is 2. The van der Waals surface area contributed by atoms with E-state index in [0.717, 1.165) is 17.0 Å². The van der Waals surface area contributed by atoms with Crippen molar-refractivity contribution in [2.45, 2.75) is 25.7 Å². The lowest BCUT2D eigenvalue weighted by molar-refractivity contribution is -0.120. The number of carbonyl (C=O) groups excluding carboxylic acids is 1. The standard InChI is InChI=1S/C21H23N3O3S/c1-26-16-6-3-12(9-17(16)27-2)10-18-23-24-20(28-18)22-19(25)14-11-13-4-5-15(14)21(13)7-8-21/h3-6,9,13-15H,7-8,10-11H2,1-2H3,(H,22,24,25). The molecule has 2 bridgehead atoms. The topological polar surface area (TPSA) is 73.3 Å². The number of hydrogen-bond acceptors (Lipinski definition) is 6. The maximum atomic E-state index is 12.8. The van der Waals surface area contributed by atoms with E-state index in [1.807, 2.05) is 18.2 Å². The maximum Gasteiger partial charge on any atom is 0.229 e. The van der Waals surface area contributed by atoms with Gasteiger partial charge in [-0.25, -0.2) is 0 Å². The van der Waals surface area contributed by atoms with Gasteiger partial charge in [0.1, 0.15) is 5.01 Å². The van der Waals surface area contributed by atoms with Crippen LogP contribution in [-0.2, 0) is 11.2 Å². The van der Waals surface area contributed by atoms with Gasteiger partial charge >= 0.3 is 0 Å². The molecular formula is C21H23N3O3S. The van der Waals surface area contributed by atoms with Crippen LogP contribution in [0.5, 0.6) is 11.5 Å². The van der Waals surface area contributed by atoms with E-state index in [1.54, 1.807) is 14.2 Å². The van der Waals surface area contributed by atoms with Gasteiger partial charge in [-0.05, 0) is 54.2 Å². The third-order valence-electron chi connectivity index (χ3n) is 6.56. The zero-order chi connectivity index (χ0) is 19.3. The van der Waals surface area contributed by atoms with Gasteiger partial charge in [-0.2, -0.15) is 0 Å². The van der Waals surface area contributed by atoms with Gasteiger partial charge < -0.3 is 14.8 Å². The molecule has 3 aliphatic rings. The van der Waals surface area contributed by atoms with Gasteiger partial charge in [0.25, 0.3) is 0 Å². The lowest BCUT2D eigenvalue weighted by Crippen LogP contribution is -2.27. The molecule has 0 aliphatic heterocycles. The molecule has 1 aromatic carbocycles. The van der Waals surface area contributed by atoms with Crippen LogP contribution >= 0.6 is 11.3 Å². The highest BCUT2D eigenvalue weighted by Crippen LogP contribution is 2.70. The number of hydrogen-bond donors (Lipinski definition) is 1. The molecule has 6 nitrogen and oxygen atoms in total. The van der Waals surface area contributed by atoms with Crippen molar-refractivity contribution in [1.29, 1.82) is 0 Å². The SMILES string of the molecule is COc1ccc(Cc2nnc(NC(=O)C3CC4C=CC3C43CC3)s2)cc1OC. The first-order chi connectivity index (χ1) is 13.6. The number of anilines is 1. The van der Waals surface area contributed by atoms with Gasteiger partial charge in [0, 0.05) is 12.3 Å². The summed E-state index contributed by atoms with van der Waals surface area (Å²) >= 11 is 1.43. The van der Waals surface area contributed by atoms with E-state index in [4.69, 9.17) is 9.47 Å². The van der Waals surface area contributed by atoms with E-state index < -0.39 is 0 Å². The number of rotatable bonds is 6. The van der Waals surface area contributed by atoms with Crippen molar-refractivity contribution >= 4 is 22.4 Å². The maximum absolute atomic E-state index is 12.8. The van der Waals surface area contributed by atoms with E-state index >= 15 is 0 Å². The first-order valence-corrected chi connectivity index (χ1v) is 10.5. The predicted octanol–water partition coefficient (Wildman–Crippen LogP) is 3.69. The van der Waals surface area contributed by atoms with Crippen molar-refractivity contribution < 1.29 is 14.3 Å². The molecule has 1 amide bonds. The molecule has 1 aromatic heterocycles. The van der Waals surface area contributed by atoms with Crippen LogP contribution in [0.2, 0.25) is 0 Å². The Bertz CT molecular complexity index is 950. The number of methoxy groups -OCH3 is 2. The van der Waals surface area contributed by atoms with Gasteiger partial charge in [0.2, 0.25) is 11.0 Å². The quantitative estimate of drug-likeness (QED) is 0.753. The molecule has 2 saturated carbocycles. The Morgan fingerprint density at radius 2 is 2.04 bits per heavy atom. The predicted molar refractivity (Wildman–Crippen MR) is 107 cm³/mol. The highest BCUT2D eigenvalue weighted by Gasteiger charge is 2.64. The van der Waals surface area contributed by atoms with Crippen molar-refractivity contribution in [3.63, 3.8) is 0 Å². The first-order valence-electron chi connectivity index (χ1n) is 9.65. The van der Waals surface area contributed by atoms with Crippen molar-refractivity contribution in [2.24, 2.45) is 23.2 Å². The minimum atomic E-state index is 0.0794. The number of aromatic nitrogens is 2. The number of ether oxygens (including phenoxy) is 2. The normalized spacial score (nSPS) is 25.9. The molecule has 3 aliphatic carbocycles. The second-order valence-electron chi connectivity index (χ2n) is 7.95. The van der Waals surface area contributed by atoms with Gasteiger partial charge in [0.05, 0.1) is 14.2 Å². The van der Waals surface area contributed by atoms with E-state index in [1.165, 1.54) is 24.2 Å². The zero-order valence-corrected chi connectivity index (χ0v) is 16.8. The molecular weight excluding hydrogens is 374 g/mol. The number of nitrogens with one attached hydrogen (secondary N) is 1. The van der Waals surface area contributed by atoms with Crippen LogP contribution in [0.3, 0.4) is 0 Å². The lowest BCUT2D eigenvalue weighted by atomic mass is 9.88. The van der Waals surface area contributed by atoms with Gasteiger partial charge in [0.15, 0.2) is 11.5 Å². The summed E-state index contributed by atoms with van der Waals surface area (Å²) in [5.41, 5.74) is 1.47. The van der Waals surface area contributed by atoms with Crippen molar-refractivity contribution in [3.05, 3.63) is 40.9 Å². The fourth-order valence-electron chi connectivity index (χ4n) is 5.01. The summed E-state index contributed by atoms with van der Waals surface area (Å²) < 4.78 is 10.6. The van der Waals surface area contributed by atoms with E-state index in [-0.39, 0.29) is 11.8 Å². The third-order valence-corrected chi connectivity index (χ3v) is 7.40. The average Bonchev–Trinajstić information content (AvgIpc) is 3.18. The van der Waals surface area contributed by atoms with Gasteiger partial charge in [-0.3, -0.25) is 4.79 Å². The van der Waals surface area contributed by atoms with Crippen molar-refractivity contribution in [3.8, 4) is 11.5 Å². The summed E-state index contributed by atoms with van der Waals surface area (Å²) in [4.78, 5) is 12.8. The second kappa shape index (κ2) is 6.58. The Balaban J connectivity index is 1.24. The zero-order valence-electron chi connectivity index (χ0n) is 16.0. The average molecular weight is 398 g/mol. The number of nitrogens with zero attached hydrogens (tertiary/aromatic N) is 2. The number of benzene rings is 1. The molecule has 2 fully saturated rings. The Kier molecular flexibility index (Phi) is 4.16. The van der Waals surface area contributed by atoms with Crippen molar-refractivity contribution in [1.82, 2.24) is 10.2 Å². The largest absolute Gasteiger partial charge is 0.493 e. The molecule has 0 saturated heterocycles. The third kappa shape index (κ3) is 2.80. The summed E-state index contributed by atoms with van der Waals surface area (Å²) in [6.07, 6.45) is 8.75. The molecule has 3 atom stereocenters. The first kappa shape index (κ1) is 17.7. The van der Waals surface area contributed by atoms with Crippen molar-refractivity contribution in [2.75, 3.05) is 19.5 Å². The van der Waals surface area contributed by atoms with Crippen LogP contribution in [0.4, 0.5) is 5.13 Å². The van der Waals surface area contributed by atoms with Gasteiger partial charge in [-0.1, -0.05) is 29.6 Å². The lowest BCUT2D eigenvalue weighted by Gasteiger charge is -2.18. The molecule has 1 N–H and O–H groups in total. The minimum Gasteiger partial charge on any atom is -0.493 e. The Morgan fingerprint density at radius 1 is 1.21 bits per heavy atom. The highest BCUT2D eigenvalue weighted by atomic mass is 32.1. The van der Waals surface area contributed by atoms with Crippen LogP contribution in [0, 0.1) is 23.2 Å². The Morgan fingerprint density at radius 3 is 2.75 bits per heavy atom. The monoisotopic (exact) mass is 397 g/mol. The van der Waals surface area contributed by atoms with E-state index in [9.17, 15) is 4.79 Å². The number of amides is 1. The van der Waals surface area contributed by atoms with Crippen LogP contribution in [0.1, 0.15) is 29.8 Å². The summed E-state index contributed by atoms with van der Waals surface area (Å²) in [7, 11) is 3.24. The Hall–Kier alpha value is -2.41. The smallest absolute Gasteiger partial charge is 0.229 e. The summed E-state index contributed by atoms with van der Waals surface area (Å²) in [6, 6.07) is 5.81. The van der Waals surface area contributed by atoms with E-state index in [0.29, 0.717) is 40.3 Å². The molecule has 2 aromatic rings. The summed E-state index contributed by atoms with van der Waals surface area (Å²) in [6.45, 7) is 0.